The molecule has 0 atom stereocenters. The molecule has 0 aliphatic heterocycles. The van der Waals surface area contributed by atoms with Crippen molar-refractivity contribution >= 4 is 18.2 Å². The number of hydrogen-bond donors (Lipinski definition) is 0. The number of hydrogen-bond acceptors (Lipinski definition) is 1. The minimum absolute atomic E-state index is 0.435. The summed E-state index contributed by atoms with van der Waals surface area (Å²) < 4.78 is 0.435. The highest BCUT2D eigenvalue weighted by Crippen LogP contribution is 2.28. The summed E-state index contributed by atoms with van der Waals surface area (Å²) in [6, 6.07) is 0. The molecular weight excluding hydrogens is 139 g/mol. The van der Waals surface area contributed by atoms with E-state index in [1.165, 1.54) is 6.42 Å². The van der Waals surface area contributed by atoms with Crippen LogP contribution in [-0.2, 0) is 0 Å². The summed E-state index contributed by atoms with van der Waals surface area (Å²) in [5.41, 5.74) is 0. The Balaban J connectivity index is 3.46. The van der Waals surface area contributed by atoms with Gasteiger partial charge in [-0.2, -0.15) is 0 Å². The topological polar surface area (TPSA) is 0 Å². The highest BCUT2D eigenvalue weighted by molar-refractivity contribution is 8.23. The van der Waals surface area contributed by atoms with Crippen molar-refractivity contribution in [1.82, 2.24) is 0 Å². The molecule has 0 rings (SSSR count). The van der Waals surface area contributed by atoms with Crippen LogP contribution in [0.15, 0.2) is 0 Å². The van der Waals surface area contributed by atoms with Crippen molar-refractivity contribution in [2.24, 2.45) is 0 Å². The molecule has 0 saturated carbocycles. The zero-order chi connectivity index (χ0) is 8.20. The smallest absolute Gasteiger partial charge is 0.195 e. The van der Waals surface area contributed by atoms with E-state index in [1.54, 1.807) is 0 Å². The predicted molar refractivity (Wildman–Crippen MR) is 52.8 cm³/mol. The average Bonchev–Trinajstić information content (AvgIpc) is 1.85. The molecule has 0 nitrogen and oxygen atoms in total. The Bertz CT molecular complexity index is 89.3. The largest absolute Gasteiger partial charge is 0.212 e. The van der Waals surface area contributed by atoms with Gasteiger partial charge in [0.15, 0.2) is 6.56 Å². The summed E-state index contributed by atoms with van der Waals surface area (Å²) in [7, 11) is 0. The van der Waals surface area contributed by atoms with E-state index in [9.17, 15) is 0 Å². The fourth-order valence-electron chi connectivity index (χ4n) is 0.404. The van der Waals surface area contributed by atoms with Crippen LogP contribution < -0.4 is 0 Å². The number of rotatable bonds is 4. The highest BCUT2D eigenvalue weighted by atomic mass is 32.2. The molecule has 0 spiro atoms. The lowest BCUT2D eigenvalue weighted by molar-refractivity contribution is 0.689. The van der Waals surface area contributed by atoms with Crippen LogP contribution in [0.25, 0.3) is 0 Å². The Morgan fingerprint density at radius 2 is 1.90 bits per heavy atom. The lowest BCUT2D eigenvalue weighted by atomic mass is 9.90. The maximum absolute atomic E-state index is 2.32. The Morgan fingerprint density at radius 1 is 1.40 bits per heavy atom. The maximum Gasteiger partial charge on any atom is 0.195 e. The minimum atomic E-state index is 0.435. The van der Waals surface area contributed by atoms with E-state index < -0.39 is 0 Å². The van der Waals surface area contributed by atoms with Crippen molar-refractivity contribution < 1.29 is 0 Å². The van der Waals surface area contributed by atoms with Gasteiger partial charge in [0.25, 0.3) is 0 Å². The third-order valence-corrected chi connectivity index (χ3v) is 3.12. The Kier molecular flexibility index (Phi) is 4.50. The fourth-order valence-corrected chi connectivity index (χ4v) is 1.21. The van der Waals surface area contributed by atoms with E-state index >= 15 is 0 Å². The van der Waals surface area contributed by atoms with Gasteiger partial charge < -0.3 is 0 Å². The second-order valence-electron chi connectivity index (χ2n) is 3.61. The lowest BCUT2D eigenvalue weighted by Crippen LogP contribution is -2.15. The van der Waals surface area contributed by atoms with Crippen LogP contribution in [0.4, 0.5) is 0 Å². The van der Waals surface area contributed by atoms with Crippen LogP contribution in [0.1, 0.15) is 41.0 Å². The molecule has 0 aliphatic rings. The molecule has 0 bridgehead atoms. The third-order valence-electron chi connectivity index (χ3n) is 1.51. The van der Waals surface area contributed by atoms with Crippen LogP contribution >= 0.6 is 11.6 Å². The zero-order valence-electron chi connectivity index (χ0n) is 7.77. The molecule has 0 unspecified atom stereocenters. The van der Waals surface area contributed by atoms with Crippen LogP contribution in [0.3, 0.4) is 0 Å². The van der Waals surface area contributed by atoms with E-state index in [4.69, 9.17) is 0 Å². The average molecular weight is 157 g/mol. The molecule has 0 saturated heterocycles. The summed E-state index contributed by atoms with van der Waals surface area (Å²) in [6.45, 7) is 13.6. The first-order valence-electron chi connectivity index (χ1n) is 3.99. The second kappa shape index (κ2) is 4.33. The van der Waals surface area contributed by atoms with Crippen LogP contribution in [0.5, 0.6) is 0 Å². The van der Waals surface area contributed by atoms with Gasteiger partial charge in [0.2, 0.25) is 0 Å². The van der Waals surface area contributed by atoms with Crippen molar-refractivity contribution in [1.29, 1.82) is 0 Å². The highest BCUT2D eigenvalue weighted by Gasteiger charge is 2.15. The molecule has 0 aromatic carbocycles. The summed E-state index contributed by atoms with van der Waals surface area (Å²) in [5, 5.41) is 0. The molecule has 1 radical (unpaired) electrons. The van der Waals surface area contributed by atoms with Gasteiger partial charge in [0.1, 0.15) is 0 Å². The fraction of sp³-hybridized carbons (Fsp3) is 1.00. The van der Waals surface area contributed by atoms with Crippen molar-refractivity contribution in [3.8, 4) is 0 Å². The van der Waals surface area contributed by atoms with Gasteiger partial charge in [-0.15, -0.1) is 0 Å². The van der Waals surface area contributed by atoms with Gasteiger partial charge in [-0.3, -0.25) is 0 Å². The van der Waals surface area contributed by atoms with Crippen LogP contribution in [-0.4, -0.2) is 11.3 Å². The third kappa shape index (κ3) is 5.22. The molecule has 0 aliphatic carbocycles. The molecule has 0 aromatic rings. The van der Waals surface area contributed by atoms with Crippen molar-refractivity contribution in [2.45, 2.75) is 51.6 Å². The van der Waals surface area contributed by atoms with Crippen LogP contribution in [0, 0.1) is 0 Å². The molecular formula is C8H18BS. The van der Waals surface area contributed by atoms with Gasteiger partial charge >= 0.3 is 0 Å². The quantitative estimate of drug-likeness (QED) is 0.564. The SMILES string of the molecule is CCC(C)(C)S[B]C(C)C. The molecule has 2 heteroatoms. The molecule has 0 amide bonds. The van der Waals surface area contributed by atoms with Gasteiger partial charge in [-0.25, -0.2) is 11.6 Å². The Morgan fingerprint density at radius 3 is 2.20 bits per heavy atom. The molecule has 0 heterocycles. The molecule has 0 aromatic heterocycles. The predicted octanol–water partition coefficient (Wildman–Crippen LogP) is 3.36. The standard InChI is InChI=1S/C8H18BS/c1-6-8(4,5)10-9-7(2)3/h7H,6H2,1-5H3. The van der Waals surface area contributed by atoms with E-state index in [1.807, 2.05) is 11.6 Å². The lowest BCUT2D eigenvalue weighted by Gasteiger charge is -2.22. The Labute approximate surface area is 70.3 Å². The van der Waals surface area contributed by atoms with E-state index in [0.717, 1.165) is 0 Å². The Hall–Kier alpha value is 0.415. The molecule has 0 fully saturated rings. The maximum atomic E-state index is 2.32. The molecule has 59 valence electrons. The van der Waals surface area contributed by atoms with Gasteiger partial charge in [-0.1, -0.05) is 40.4 Å². The van der Waals surface area contributed by atoms with E-state index in [0.29, 0.717) is 10.6 Å². The van der Waals surface area contributed by atoms with E-state index in [-0.39, 0.29) is 0 Å². The first-order chi connectivity index (χ1) is 4.48. The minimum Gasteiger partial charge on any atom is -0.212 e. The monoisotopic (exact) mass is 157 g/mol. The van der Waals surface area contributed by atoms with Gasteiger partial charge in [0.05, 0.1) is 0 Å². The first kappa shape index (κ1) is 10.4. The normalized spacial score (nSPS) is 12.2. The van der Waals surface area contributed by atoms with Crippen LogP contribution in [0.2, 0.25) is 5.82 Å². The van der Waals surface area contributed by atoms with Crippen molar-refractivity contribution in [3.05, 3.63) is 0 Å². The van der Waals surface area contributed by atoms with Gasteiger partial charge in [0, 0.05) is 0 Å². The van der Waals surface area contributed by atoms with Crippen molar-refractivity contribution in [2.75, 3.05) is 0 Å². The summed E-state index contributed by atoms with van der Waals surface area (Å²) in [6.07, 6.45) is 1.24. The molecule has 0 N–H and O–H groups in total. The second-order valence-corrected chi connectivity index (χ2v) is 5.22. The van der Waals surface area contributed by atoms with E-state index in [2.05, 4.69) is 41.2 Å². The summed E-state index contributed by atoms with van der Waals surface area (Å²) in [4.78, 5) is 0. The van der Waals surface area contributed by atoms with Gasteiger partial charge in [-0.05, 0) is 11.2 Å². The molecule has 10 heavy (non-hydrogen) atoms. The summed E-state index contributed by atoms with van der Waals surface area (Å²) in [5.74, 6) is 0.704. The summed E-state index contributed by atoms with van der Waals surface area (Å²) >= 11 is 1.96. The zero-order valence-corrected chi connectivity index (χ0v) is 8.59. The van der Waals surface area contributed by atoms with Crippen molar-refractivity contribution in [3.63, 3.8) is 0 Å². The first-order valence-corrected chi connectivity index (χ1v) is 4.87.